The highest BCUT2D eigenvalue weighted by Gasteiger charge is 2.36. The third-order valence-electron chi connectivity index (χ3n) is 4.51. The minimum atomic E-state index is -2.98. The van der Waals surface area contributed by atoms with Gasteiger partial charge in [-0.2, -0.15) is 8.78 Å². The molecular weight excluding hydrogens is 388 g/mol. The first kappa shape index (κ1) is 22.0. The van der Waals surface area contributed by atoms with E-state index in [0.717, 1.165) is 13.0 Å². The van der Waals surface area contributed by atoms with Gasteiger partial charge in [-0.15, -0.1) is 0 Å². The highest BCUT2D eigenvalue weighted by molar-refractivity contribution is 7.80. The number of hydrogen-bond acceptors (Lipinski definition) is 4. The van der Waals surface area contributed by atoms with E-state index in [1.165, 1.54) is 18.1 Å². The summed E-state index contributed by atoms with van der Waals surface area (Å²) in [4.78, 5) is 15.7. The zero-order valence-electron chi connectivity index (χ0n) is 16.4. The first-order chi connectivity index (χ1) is 13.3. The molecular formula is C19H26F2N3O3S+. The molecule has 0 aliphatic carbocycles. The van der Waals surface area contributed by atoms with E-state index in [1.807, 2.05) is 4.90 Å². The maximum absolute atomic E-state index is 12.8. The first-order valence-corrected chi connectivity index (χ1v) is 9.37. The maximum Gasteiger partial charge on any atom is 0.387 e. The number of alkyl halides is 2. The van der Waals surface area contributed by atoms with Crippen molar-refractivity contribution >= 4 is 23.3 Å². The van der Waals surface area contributed by atoms with E-state index >= 15 is 0 Å². The average molecular weight is 414 g/mol. The first-order valence-electron chi connectivity index (χ1n) is 8.96. The van der Waals surface area contributed by atoms with Crippen molar-refractivity contribution < 1.29 is 27.9 Å². The lowest BCUT2D eigenvalue weighted by atomic mass is 9.94. The molecule has 1 atom stereocenters. The van der Waals surface area contributed by atoms with Gasteiger partial charge >= 0.3 is 12.6 Å². The zero-order valence-corrected chi connectivity index (χ0v) is 17.2. The van der Waals surface area contributed by atoms with E-state index in [2.05, 4.69) is 24.1 Å². The molecule has 0 radical (unpaired) electrons. The van der Waals surface area contributed by atoms with Crippen molar-refractivity contribution in [3.8, 4) is 5.75 Å². The molecule has 9 heteroatoms. The smallest absolute Gasteiger partial charge is 0.387 e. The van der Waals surface area contributed by atoms with Gasteiger partial charge in [0.25, 0.3) is 0 Å². The van der Waals surface area contributed by atoms with Gasteiger partial charge in [-0.1, -0.05) is 18.2 Å². The number of para-hydroxylation sites is 1. The Labute approximate surface area is 169 Å². The van der Waals surface area contributed by atoms with E-state index in [4.69, 9.17) is 17.0 Å². The van der Waals surface area contributed by atoms with Crippen molar-refractivity contribution in [3.63, 3.8) is 0 Å². The van der Waals surface area contributed by atoms with Gasteiger partial charge in [0.2, 0.25) is 0 Å². The van der Waals surface area contributed by atoms with Crippen LogP contribution in [0, 0.1) is 0 Å². The van der Waals surface area contributed by atoms with E-state index < -0.39 is 18.6 Å². The Hall–Kier alpha value is -2.26. The molecule has 0 saturated carbocycles. The van der Waals surface area contributed by atoms with Gasteiger partial charge in [-0.25, -0.2) is 4.79 Å². The van der Waals surface area contributed by atoms with Crippen LogP contribution in [0.15, 0.2) is 35.5 Å². The lowest BCUT2D eigenvalue weighted by molar-refractivity contribution is -0.858. The van der Waals surface area contributed by atoms with Gasteiger partial charge in [0.15, 0.2) is 5.11 Å². The number of quaternary nitrogens is 1. The molecule has 2 N–H and O–H groups in total. The molecule has 0 saturated heterocycles. The molecule has 6 nitrogen and oxygen atoms in total. The van der Waals surface area contributed by atoms with Crippen LogP contribution < -0.4 is 15.0 Å². The van der Waals surface area contributed by atoms with Crippen LogP contribution in [-0.2, 0) is 9.53 Å². The van der Waals surface area contributed by atoms with Crippen LogP contribution in [0.2, 0.25) is 0 Å². The van der Waals surface area contributed by atoms with Crippen molar-refractivity contribution in [2.24, 2.45) is 0 Å². The predicted molar refractivity (Wildman–Crippen MR) is 105 cm³/mol. The zero-order chi connectivity index (χ0) is 20.8. The number of ether oxygens (including phenoxy) is 2. The summed E-state index contributed by atoms with van der Waals surface area (Å²) in [5.74, 6) is -0.566. The topological polar surface area (TPSA) is 55.2 Å². The Bertz CT molecular complexity index is 756. The molecule has 0 spiro atoms. The molecule has 154 valence electrons. The minimum absolute atomic E-state index is 0.0170. The Morgan fingerprint density at radius 3 is 2.64 bits per heavy atom. The number of esters is 1. The molecule has 0 fully saturated rings. The number of benzene rings is 1. The molecule has 0 unspecified atom stereocenters. The summed E-state index contributed by atoms with van der Waals surface area (Å²) >= 11 is 5.50. The van der Waals surface area contributed by atoms with Gasteiger partial charge < -0.3 is 24.6 Å². The summed E-state index contributed by atoms with van der Waals surface area (Å²) in [7, 11) is 5.41. The van der Waals surface area contributed by atoms with Crippen LogP contribution in [0.3, 0.4) is 0 Å². The maximum atomic E-state index is 12.8. The fourth-order valence-corrected chi connectivity index (χ4v) is 3.52. The average Bonchev–Trinajstić information content (AvgIpc) is 2.63. The summed E-state index contributed by atoms with van der Waals surface area (Å²) in [6.45, 7) is 0.374. The van der Waals surface area contributed by atoms with Gasteiger partial charge in [0, 0.05) is 24.2 Å². The van der Waals surface area contributed by atoms with Crippen molar-refractivity contribution in [1.29, 1.82) is 0 Å². The number of methoxy groups -OCH3 is 1. The second-order valence-corrected chi connectivity index (χ2v) is 7.14. The summed E-state index contributed by atoms with van der Waals surface area (Å²) < 4.78 is 35.3. The van der Waals surface area contributed by atoms with Crippen molar-refractivity contribution in [2.75, 3.05) is 34.3 Å². The molecule has 1 aromatic rings. The number of nitrogens with one attached hydrogen (secondary N) is 2. The number of halogens is 2. The normalized spacial score (nSPS) is 17.2. The van der Waals surface area contributed by atoms with Gasteiger partial charge in [0.05, 0.1) is 39.4 Å². The largest absolute Gasteiger partial charge is 0.466 e. The number of hydrogen-bond donors (Lipinski definition) is 2. The lowest BCUT2D eigenvalue weighted by Gasteiger charge is -2.37. The second-order valence-electron chi connectivity index (χ2n) is 6.75. The lowest BCUT2D eigenvalue weighted by Crippen LogP contribution is -3.05. The van der Waals surface area contributed by atoms with Gasteiger partial charge in [0.1, 0.15) is 5.75 Å². The predicted octanol–water partition coefficient (Wildman–Crippen LogP) is 1.50. The third-order valence-corrected chi connectivity index (χ3v) is 4.84. The summed E-state index contributed by atoms with van der Waals surface area (Å²) in [6, 6.07) is 5.59. The molecule has 1 aromatic carbocycles. The van der Waals surface area contributed by atoms with Crippen molar-refractivity contribution in [2.45, 2.75) is 26.0 Å². The number of nitrogens with zero attached hydrogens (tertiary/aromatic N) is 1. The van der Waals surface area contributed by atoms with Crippen LogP contribution in [0.25, 0.3) is 0 Å². The van der Waals surface area contributed by atoms with Crippen LogP contribution >= 0.6 is 12.2 Å². The fraction of sp³-hybridized carbons (Fsp3) is 0.474. The molecule has 1 aliphatic rings. The molecule has 2 rings (SSSR count). The van der Waals surface area contributed by atoms with Gasteiger partial charge in [-0.3, -0.25) is 0 Å². The number of carbonyl (C=O) groups is 1. The van der Waals surface area contributed by atoms with Crippen molar-refractivity contribution in [1.82, 2.24) is 10.2 Å². The quantitative estimate of drug-likeness (QED) is 0.497. The highest BCUT2D eigenvalue weighted by Crippen LogP contribution is 2.36. The van der Waals surface area contributed by atoms with Crippen LogP contribution in [0.4, 0.5) is 8.78 Å². The molecule has 1 heterocycles. The van der Waals surface area contributed by atoms with Crippen LogP contribution in [-0.4, -0.2) is 56.9 Å². The standard InChI is InChI=1S/C19H25F2N3O3S/c1-12-15(17(25)26-4)16(13-8-5-6-9-14(13)27-18(20)21)22-19(28)24(12)11-7-10-23(2)3/h5-6,8-9,16,18H,7,10-11H2,1-4H3,(H,22,28)/p+1/t16-/m1/s1. The van der Waals surface area contributed by atoms with Crippen molar-refractivity contribution in [3.05, 3.63) is 41.1 Å². The van der Waals surface area contributed by atoms with E-state index in [1.54, 1.807) is 25.1 Å². The molecule has 1 aliphatic heterocycles. The number of carbonyl (C=O) groups excluding carboxylic acids is 1. The SMILES string of the molecule is COC(=O)C1=C(C)N(CCC[NH+](C)C)C(=S)N[C@@H]1c1ccccc1OC(F)F. The third kappa shape index (κ3) is 5.17. The Balaban J connectivity index is 2.44. The van der Waals surface area contributed by atoms with E-state index in [0.29, 0.717) is 28.5 Å². The monoisotopic (exact) mass is 414 g/mol. The Morgan fingerprint density at radius 1 is 1.36 bits per heavy atom. The second kappa shape index (κ2) is 9.79. The van der Waals surface area contributed by atoms with Crippen LogP contribution in [0.5, 0.6) is 5.75 Å². The molecule has 28 heavy (non-hydrogen) atoms. The summed E-state index contributed by atoms with van der Waals surface area (Å²) in [5.41, 5.74) is 1.35. The number of thiocarbonyl (C=S) groups is 1. The Morgan fingerprint density at radius 2 is 2.04 bits per heavy atom. The van der Waals surface area contributed by atoms with Gasteiger partial charge in [-0.05, 0) is 25.2 Å². The molecule has 0 bridgehead atoms. The molecule has 0 amide bonds. The minimum Gasteiger partial charge on any atom is -0.466 e. The summed E-state index contributed by atoms with van der Waals surface area (Å²) in [6.07, 6.45) is 0.867. The highest BCUT2D eigenvalue weighted by atomic mass is 32.1. The number of rotatable bonds is 8. The Kier molecular flexibility index (Phi) is 7.70. The summed E-state index contributed by atoms with van der Waals surface area (Å²) in [5, 5.41) is 3.52. The number of allylic oxidation sites excluding steroid dienone is 1. The molecule has 0 aromatic heterocycles. The van der Waals surface area contributed by atoms with E-state index in [9.17, 15) is 13.6 Å². The fourth-order valence-electron chi connectivity index (χ4n) is 3.17. The van der Waals surface area contributed by atoms with Crippen LogP contribution in [0.1, 0.15) is 24.9 Å². The van der Waals surface area contributed by atoms with E-state index in [-0.39, 0.29) is 5.75 Å².